The van der Waals surface area contributed by atoms with Gasteiger partial charge in [0, 0.05) is 18.4 Å². The van der Waals surface area contributed by atoms with E-state index in [9.17, 15) is 4.79 Å². The van der Waals surface area contributed by atoms with E-state index in [1.165, 1.54) is 10.4 Å². The fraction of sp³-hybridized carbons (Fsp3) is 0.552. The summed E-state index contributed by atoms with van der Waals surface area (Å²) in [4.78, 5) is 12.9. The lowest BCUT2D eigenvalue weighted by molar-refractivity contribution is -0.124. The molecule has 0 N–H and O–H groups in total. The standard InChI is InChI=1S/C29H38O2Si/c1-19(2)25-27-23(30)18-20-16-17-24(26(20)28(25)27)31-32(29(3,4)5,21-12-8-6-9-13-21)22-14-10-7-11-15-22/h6-15,19-20,24-28H,16-18H2,1-5H3/t20-,24+,25-,26+,27-,28-/m1/s1. The van der Waals surface area contributed by atoms with E-state index >= 15 is 0 Å². The molecule has 0 radical (unpaired) electrons. The van der Waals surface area contributed by atoms with Gasteiger partial charge in [-0.2, -0.15) is 0 Å². The summed E-state index contributed by atoms with van der Waals surface area (Å²) in [6.45, 7) is 11.7. The Hall–Kier alpha value is -1.71. The number of fused-ring (bicyclic) bond motifs is 3. The molecule has 0 aromatic heterocycles. The van der Waals surface area contributed by atoms with Gasteiger partial charge >= 0.3 is 0 Å². The minimum atomic E-state index is -2.55. The fourth-order valence-corrected chi connectivity index (χ4v) is 12.2. The maximum atomic E-state index is 12.9. The number of rotatable bonds is 5. The number of benzene rings is 2. The third-order valence-electron chi connectivity index (χ3n) is 8.72. The van der Waals surface area contributed by atoms with E-state index in [4.69, 9.17) is 4.43 Å². The predicted octanol–water partition coefficient (Wildman–Crippen LogP) is 5.45. The molecule has 3 fully saturated rings. The minimum absolute atomic E-state index is 0.00131. The molecule has 2 aromatic rings. The molecule has 32 heavy (non-hydrogen) atoms. The first-order valence-electron chi connectivity index (χ1n) is 12.6. The van der Waals surface area contributed by atoms with Crippen molar-refractivity contribution >= 4 is 24.5 Å². The number of hydrogen-bond acceptors (Lipinski definition) is 2. The van der Waals surface area contributed by atoms with Gasteiger partial charge in [0.1, 0.15) is 5.78 Å². The lowest BCUT2D eigenvalue weighted by atomic mass is 9.80. The van der Waals surface area contributed by atoms with Gasteiger partial charge in [0.2, 0.25) is 0 Å². The van der Waals surface area contributed by atoms with Crippen molar-refractivity contribution in [2.24, 2.45) is 35.5 Å². The van der Waals surface area contributed by atoms with Crippen LogP contribution in [0.25, 0.3) is 0 Å². The Balaban J connectivity index is 1.58. The molecule has 0 unspecified atom stereocenters. The normalized spacial score (nSPS) is 32.0. The van der Waals surface area contributed by atoms with Crippen molar-refractivity contribution in [1.82, 2.24) is 0 Å². The van der Waals surface area contributed by atoms with Crippen LogP contribution in [-0.4, -0.2) is 20.2 Å². The molecule has 3 heteroatoms. The van der Waals surface area contributed by atoms with E-state index < -0.39 is 8.32 Å². The van der Waals surface area contributed by atoms with Crippen LogP contribution in [-0.2, 0) is 9.22 Å². The third kappa shape index (κ3) is 3.35. The third-order valence-corrected chi connectivity index (χ3v) is 13.8. The highest BCUT2D eigenvalue weighted by atomic mass is 28.4. The number of carbonyl (C=O) groups is 1. The molecule has 3 saturated carbocycles. The Morgan fingerprint density at radius 2 is 1.44 bits per heavy atom. The minimum Gasteiger partial charge on any atom is -0.404 e. The second-order valence-corrected chi connectivity index (χ2v) is 16.1. The zero-order valence-electron chi connectivity index (χ0n) is 20.3. The summed E-state index contributed by atoms with van der Waals surface area (Å²) in [6.07, 6.45) is 3.29. The van der Waals surface area contributed by atoms with Crippen LogP contribution in [0.1, 0.15) is 53.9 Å². The van der Waals surface area contributed by atoms with Crippen LogP contribution in [0.2, 0.25) is 5.04 Å². The van der Waals surface area contributed by atoms with Crippen LogP contribution in [0.4, 0.5) is 0 Å². The van der Waals surface area contributed by atoms with E-state index in [1.807, 2.05) is 0 Å². The first-order valence-corrected chi connectivity index (χ1v) is 14.5. The van der Waals surface area contributed by atoms with Crippen molar-refractivity contribution < 1.29 is 9.22 Å². The second-order valence-electron chi connectivity index (χ2n) is 11.8. The smallest absolute Gasteiger partial charge is 0.261 e. The molecule has 0 heterocycles. The van der Waals surface area contributed by atoms with Crippen LogP contribution >= 0.6 is 0 Å². The fourth-order valence-electron chi connectivity index (χ4n) is 7.46. The molecular weight excluding hydrogens is 408 g/mol. The number of carbonyl (C=O) groups excluding carboxylic acids is 1. The van der Waals surface area contributed by atoms with Gasteiger partial charge in [-0.25, -0.2) is 0 Å². The Morgan fingerprint density at radius 1 is 0.875 bits per heavy atom. The van der Waals surface area contributed by atoms with Crippen molar-refractivity contribution in [3.05, 3.63) is 60.7 Å². The molecule has 6 atom stereocenters. The average molecular weight is 447 g/mol. The highest BCUT2D eigenvalue weighted by molar-refractivity contribution is 6.99. The molecule has 2 aromatic carbocycles. The number of hydrogen-bond donors (Lipinski definition) is 0. The van der Waals surface area contributed by atoms with Crippen LogP contribution in [0.3, 0.4) is 0 Å². The molecule has 0 amide bonds. The van der Waals surface area contributed by atoms with Crippen molar-refractivity contribution in [3.63, 3.8) is 0 Å². The summed E-state index contributed by atoms with van der Waals surface area (Å²) in [7, 11) is -2.55. The maximum absolute atomic E-state index is 12.9. The topological polar surface area (TPSA) is 26.3 Å². The molecule has 170 valence electrons. The summed E-state index contributed by atoms with van der Waals surface area (Å²) in [6, 6.07) is 22.0. The second kappa shape index (κ2) is 7.95. The van der Waals surface area contributed by atoms with Crippen LogP contribution in [0.15, 0.2) is 60.7 Å². The molecule has 2 nitrogen and oxygen atoms in total. The monoisotopic (exact) mass is 446 g/mol. The van der Waals surface area contributed by atoms with Gasteiger partial charge in [-0.05, 0) is 57.8 Å². The first-order chi connectivity index (χ1) is 15.3. The quantitative estimate of drug-likeness (QED) is 0.571. The summed E-state index contributed by atoms with van der Waals surface area (Å²) < 4.78 is 7.59. The van der Waals surface area contributed by atoms with Gasteiger partial charge < -0.3 is 4.43 Å². The van der Waals surface area contributed by atoms with E-state index in [0.29, 0.717) is 41.3 Å². The largest absolute Gasteiger partial charge is 0.404 e. The number of ketones is 1. The van der Waals surface area contributed by atoms with Gasteiger partial charge in [0.15, 0.2) is 0 Å². The van der Waals surface area contributed by atoms with Gasteiger partial charge in [-0.3, -0.25) is 4.79 Å². The Bertz CT molecular complexity index is 922. The zero-order chi connectivity index (χ0) is 22.7. The van der Waals surface area contributed by atoms with E-state index in [-0.39, 0.29) is 11.1 Å². The first kappa shape index (κ1) is 22.1. The highest BCUT2D eigenvalue weighted by Crippen LogP contribution is 2.65. The molecular formula is C29H38O2Si. The van der Waals surface area contributed by atoms with Crippen molar-refractivity contribution in [3.8, 4) is 0 Å². The summed E-state index contributed by atoms with van der Waals surface area (Å²) >= 11 is 0. The Labute approximate surface area is 194 Å². The summed E-state index contributed by atoms with van der Waals surface area (Å²) in [5.41, 5.74) is 0. The van der Waals surface area contributed by atoms with Gasteiger partial charge in [-0.1, -0.05) is 95.3 Å². The lowest BCUT2D eigenvalue weighted by Crippen LogP contribution is -2.68. The van der Waals surface area contributed by atoms with Gasteiger partial charge in [-0.15, -0.1) is 0 Å². The molecule has 0 aliphatic heterocycles. The van der Waals surface area contributed by atoms with Gasteiger partial charge in [0.25, 0.3) is 8.32 Å². The van der Waals surface area contributed by atoms with E-state index in [0.717, 1.165) is 19.3 Å². The molecule has 3 aliphatic rings. The molecule has 5 rings (SSSR count). The van der Waals surface area contributed by atoms with E-state index in [1.54, 1.807) is 0 Å². The van der Waals surface area contributed by atoms with E-state index in [2.05, 4.69) is 95.3 Å². The molecule has 0 spiro atoms. The Morgan fingerprint density at radius 3 is 1.94 bits per heavy atom. The maximum Gasteiger partial charge on any atom is 0.261 e. The molecule has 0 saturated heterocycles. The van der Waals surface area contributed by atoms with Crippen LogP contribution in [0, 0.1) is 35.5 Å². The van der Waals surface area contributed by atoms with Crippen LogP contribution in [0.5, 0.6) is 0 Å². The number of Topliss-reactive ketones (excluding diaryl/α,β-unsaturated/α-hetero) is 1. The molecule has 0 bridgehead atoms. The van der Waals surface area contributed by atoms with Crippen LogP contribution < -0.4 is 10.4 Å². The van der Waals surface area contributed by atoms with Crippen molar-refractivity contribution in [2.75, 3.05) is 0 Å². The highest BCUT2D eigenvalue weighted by Gasteiger charge is 2.66. The molecule has 3 aliphatic carbocycles. The van der Waals surface area contributed by atoms with Crippen molar-refractivity contribution in [2.45, 2.75) is 65.0 Å². The zero-order valence-corrected chi connectivity index (χ0v) is 21.3. The lowest BCUT2D eigenvalue weighted by Gasteiger charge is -2.46. The summed E-state index contributed by atoms with van der Waals surface area (Å²) in [5.74, 6) is 3.62. The predicted molar refractivity (Wildman–Crippen MR) is 134 cm³/mol. The Kier molecular flexibility index (Phi) is 5.49. The SMILES string of the molecule is CC(C)[C@@H]1[C@H]2C(=O)C[C@H]3CC[C@H](O[Si](c4ccccc4)(c4ccccc4)C(C)(C)C)[C@H]3[C@H]21. The van der Waals surface area contributed by atoms with Gasteiger partial charge in [0.05, 0.1) is 0 Å². The summed E-state index contributed by atoms with van der Waals surface area (Å²) in [5, 5.41) is 2.72. The average Bonchev–Trinajstić information content (AvgIpc) is 3.41. The van der Waals surface area contributed by atoms with Crippen molar-refractivity contribution in [1.29, 1.82) is 0 Å².